The first-order chi connectivity index (χ1) is 5.74. The Morgan fingerprint density at radius 3 is 2.83 bits per heavy atom. The number of methoxy groups -OCH3 is 1. The van der Waals surface area contributed by atoms with Crippen LogP contribution in [0.3, 0.4) is 0 Å². The molecule has 4 nitrogen and oxygen atoms in total. The molecule has 0 aromatic rings. The molecule has 70 valence electrons. The molecule has 1 rings (SSSR count). The fourth-order valence-electron chi connectivity index (χ4n) is 1.26. The van der Waals surface area contributed by atoms with Crippen molar-refractivity contribution in [3.8, 4) is 0 Å². The lowest BCUT2D eigenvalue weighted by Gasteiger charge is -2.31. The van der Waals surface area contributed by atoms with E-state index >= 15 is 0 Å². The van der Waals surface area contributed by atoms with Crippen LogP contribution in [-0.4, -0.2) is 62.7 Å². The molecular weight excluding hydrogens is 156 g/mol. The van der Waals surface area contributed by atoms with Gasteiger partial charge in [-0.05, 0) is 7.05 Å². The van der Waals surface area contributed by atoms with Gasteiger partial charge in [0.05, 0.1) is 13.2 Å². The maximum absolute atomic E-state index is 11.3. The average molecular weight is 172 g/mol. The van der Waals surface area contributed by atoms with Gasteiger partial charge < -0.3 is 9.64 Å². The zero-order valence-corrected chi connectivity index (χ0v) is 7.75. The highest BCUT2D eigenvalue weighted by molar-refractivity contribution is 5.78. The van der Waals surface area contributed by atoms with Crippen molar-refractivity contribution in [2.75, 3.05) is 46.9 Å². The largest absolute Gasteiger partial charge is 0.383 e. The van der Waals surface area contributed by atoms with Crippen molar-refractivity contribution in [1.82, 2.24) is 9.80 Å². The number of nitrogens with zero attached hydrogens (tertiary/aromatic N) is 2. The Kier molecular flexibility index (Phi) is 3.49. The third kappa shape index (κ3) is 2.46. The van der Waals surface area contributed by atoms with Crippen molar-refractivity contribution in [1.29, 1.82) is 0 Å². The van der Waals surface area contributed by atoms with Crippen LogP contribution in [0.4, 0.5) is 0 Å². The summed E-state index contributed by atoms with van der Waals surface area (Å²) in [6.07, 6.45) is 0. The smallest absolute Gasteiger partial charge is 0.236 e. The minimum atomic E-state index is 0.209. The maximum Gasteiger partial charge on any atom is 0.236 e. The minimum Gasteiger partial charge on any atom is -0.383 e. The van der Waals surface area contributed by atoms with Crippen LogP contribution in [0, 0.1) is 0 Å². The molecule has 12 heavy (non-hydrogen) atoms. The van der Waals surface area contributed by atoms with Crippen LogP contribution in [0.2, 0.25) is 0 Å². The van der Waals surface area contributed by atoms with Gasteiger partial charge in [0, 0.05) is 26.7 Å². The van der Waals surface area contributed by atoms with Crippen molar-refractivity contribution >= 4 is 5.91 Å². The summed E-state index contributed by atoms with van der Waals surface area (Å²) < 4.78 is 4.91. The molecular formula is C8H16N2O2. The van der Waals surface area contributed by atoms with Gasteiger partial charge in [0.25, 0.3) is 0 Å². The summed E-state index contributed by atoms with van der Waals surface area (Å²) in [5.74, 6) is 0.209. The standard InChI is InChI=1S/C8H16N2O2/c1-9-3-4-10(5-6-12-2)8(11)7-9/h3-7H2,1-2H3. The van der Waals surface area contributed by atoms with E-state index in [0.29, 0.717) is 13.2 Å². The molecule has 4 heteroatoms. The molecule has 0 atom stereocenters. The van der Waals surface area contributed by atoms with Crippen molar-refractivity contribution in [3.05, 3.63) is 0 Å². The Hall–Kier alpha value is -0.610. The van der Waals surface area contributed by atoms with Crippen molar-refractivity contribution in [2.45, 2.75) is 0 Å². The summed E-state index contributed by atoms with van der Waals surface area (Å²) in [7, 11) is 3.62. The van der Waals surface area contributed by atoms with Crippen molar-refractivity contribution in [3.63, 3.8) is 0 Å². The number of ether oxygens (including phenoxy) is 1. The summed E-state index contributed by atoms with van der Waals surface area (Å²) >= 11 is 0. The maximum atomic E-state index is 11.3. The molecule has 1 saturated heterocycles. The Balaban J connectivity index is 2.30. The quantitative estimate of drug-likeness (QED) is 0.570. The van der Waals surface area contributed by atoms with Crippen LogP contribution in [-0.2, 0) is 9.53 Å². The molecule has 0 bridgehead atoms. The Morgan fingerprint density at radius 1 is 1.50 bits per heavy atom. The molecule has 0 aromatic carbocycles. The number of hydrogen-bond donors (Lipinski definition) is 0. The highest BCUT2D eigenvalue weighted by Gasteiger charge is 2.20. The molecule has 1 heterocycles. The SMILES string of the molecule is COCCN1CCN(C)CC1=O. The predicted octanol–water partition coefficient (Wildman–Crippen LogP) is -0.593. The van der Waals surface area contributed by atoms with Gasteiger partial charge >= 0.3 is 0 Å². The van der Waals surface area contributed by atoms with Gasteiger partial charge in [-0.25, -0.2) is 0 Å². The van der Waals surface area contributed by atoms with Crippen LogP contribution >= 0.6 is 0 Å². The number of hydrogen-bond acceptors (Lipinski definition) is 3. The van der Waals surface area contributed by atoms with Gasteiger partial charge in [0.15, 0.2) is 0 Å². The van der Waals surface area contributed by atoms with Gasteiger partial charge in [-0.2, -0.15) is 0 Å². The molecule has 1 aliphatic rings. The van der Waals surface area contributed by atoms with E-state index in [9.17, 15) is 4.79 Å². The normalized spacial score (nSPS) is 20.2. The van der Waals surface area contributed by atoms with Gasteiger partial charge in [0.2, 0.25) is 5.91 Å². The van der Waals surface area contributed by atoms with E-state index in [-0.39, 0.29) is 5.91 Å². The van der Waals surface area contributed by atoms with E-state index < -0.39 is 0 Å². The minimum absolute atomic E-state index is 0.209. The van der Waals surface area contributed by atoms with E-state index in [2.05, 4.69) is 0 Å². The van der Waals surface area contributed by atoms with Gasteiger partial charge in [-0.15, -0.1) is 0 Å². The summed E-state index contributed by atoms with van der Waals surface area (Å²) in [5.41, 5.74) is 0. The van der Waals surface area contributed by atoms with E-state index in [1.165, 1.54) is 0 Å². The van der Waals surface area contributed by atoms with Crippen LogP contribution in [0.5, 0.6) is 0 Å². The topological polar surface area (TPSA) is 32.8 Å². The Morgan fingerprint density at radius 2 is 2.25 bits per heavy atom. The van der Waals surface area contributed by atoms with Gasteiger partial charge in [-0.1, -0.05) is 0 Å². The van der Waals surface area contributed by atoms with E-state index in [4.69, 9.17) is 4.74 Å². The number of carbonyl (C=O) groups is 1. The van der Waals surface area contributed by atoms with Gasteiger partial charge in [0.1, 0.15) is 0 Å². The number of piperazine rings is 1. The van der Waals surface area contributed by atoms with E-state index in [1.807, 2.05) is 16.8 Å². The molecule has 0 saturated carbocycles. The molecule has 0 aliphatic carbocycles. The van der Waals surface area contributed by atoms with Crippen LogP contribution < -0.4 is 0 Å². The molecule has 0 spiro atoms. The van der Waals surface area contributed by atoms with E-state index in [0.717, 1.165) is 19.6 Å². The summed E-state index contributed by atoms with van der Waals surface area (Å²) in [6.45, 7) is 3.70. The second kappa shape index (κ2) is 4.42. The van der Waals surface area contributed by atoms with Crippen LogP contribution in [0.15, 0.2) is 0 Å². The first-order valence-electron chi connectivity index (χ1n) is 4.19. The van der Waals surface area contributed by atoms with Gasteiger partial charge in [-0.3, -0.25) is 9.69 Å². The molecule has 0 radical (unpaired) electrons. The number of amides is 1. The first-order valence-corrected chi connectivity index (χ1v) is 4.19. The molecule has 0 aromatic heterocycles. The first kappa shape index (κ1) is 9.48. The lowest BCUT2D eigenvalue weighted by atomic mass is 10.3. The highest BCUT2D eigenvalue weighted by atomic mass is 16.5. The van der Waals surface area contributed by atoms with Crippen LogP contribution in [0.1, 0.15) is 0 Å². The molecule has 1 aliphatic heterocycles. The second-order valence-corrected chi connectivity index (χ2v) is 3.11. The number of rotatable bonds is 3. The fraction of sp³-hybridized carbons (Fsp3) is 0.875. The van der Waals surface area contributed by atoms with Crippen molar-refractivity contribution in [2.24, 2.45) is 0 Å². The molecule has 0 N–H and O–H groups in total. The summed E-state index contributed by atoms with van der Waals surface area (Å²) in [5, 5.41) is 0. The zero-order valence-electron chi connectivity index (χ0n) is 7.75. The Labute approximate surface area is 73.1 Å². The number of carbonyl (C=O) groups excluding carboxylic acids is 1. The highest BCUT2D eigenvalue weighted by Crippen LogP contribution is 1.99. The average Bonchev–Trinajstić information content (AvgIpc) is 2.03. The predicted molar refractivity (Wildman–Crippen MR) is 46.0 cm³/mol. The van der Waals surface area contributed by atoms with E-state index in [1.54, 1.807) is 7.11 Å². The van der Waals surface area contributed by atoms with Crippen molar-refractivity contribution < 1.29 is 9.53 Å². The second-order valence-electron chi connectivity index (χ2n) is 3.11. The Bertz CT molecular complexity index is 159. The summed E-state index contributed by atoms with van der Waals surface area (Å²) in [4.78, 5) is 15.2. The number of likely N-dealkylation sites (N-methyl/N-ethyl adjacent to an activating group) is 1. The zero-order chi connectivity index (χ0) is 8.97. The molecule has 1 fully saturated rings. The van der Waals surface area contributed by atoms with Crippen LogP contribution in [0.25, 0.3) is 0 Å². The summed E-state index contributed by atoms with van der Waals surface area (Å²) in [6, 6.07) is 0. The monoisotopic (exact) mass is 172 g/mol. The lowest BCUT2D eigenvalue weighted by Crippen LogP contribution is -2.49. The third-order valence-electron chi connectivity index (χ3n) is 2.07. The molecule has 1 amide bonds. The fourth-order valence-corrected chi connectivity index (χ4v) is 1.26. The molecule has 0 unspecified atom stereocenters. The lowest BCUT2D eigenvalue weighted by molar-refractivity contribution is -0.136. The third-order valence-corrected chi connectivity index (χ3v) is 2.07.